The van der Waals surface area contributed by atoms with Crippen LogP contribution in [0.2, 0.25) is 0 Å². The van der Waals surface area contributed by atoms with Crippen LogP contribution < -0.4 is 0 Å². The minimum Gasteiger partial charge on any atom is -0.386 e. The lowest BCUT2D eigenvalue weighted by Crippen LogP contribution is -2.55. The number of hydrogen-bond acceptors (Lipinski definition) is 3. The number of rotatable bonds is 1. The summed E-state index contributed by atoms with van der Waals surface area (Å²) in [6, 6.07) is 10.7. The van der Waals surface area contributed by atoms with E-state index in [1.165, 1.54) is 11.1 Å². The molecule has 1 aliphatic carbocycles. The average molecular weight is 257 g/mol. The highest BCUT2D eigenvalue weighted by Gasteiger charge is 2.53. The summed E-state index contributed by atoms with van der Waals surface area (Å²) < 4.78 is 5.45. The molecule has 3 nitrogen and oxygen atoms in total. The van der Waals surface area contributed by atoms with Gasteiger partial charge in [0.15, 0.2) is 0 Å². The van der Waals surface area contributed by atoms with Crippen molar-refractivity contribution in [3.05, 3.63) is 35.4 Å². The molecule has 2 unspecified atom stereocenters. The summed E-state index contributed by atoms with van der Waals surface area (Å²) in [7, 11) is 0. The van der Waals surface area contributed by atoms with Gasteiger partial charge in [0.25, 0.3) is 0 Å². The molecule has 0 spiro atoms. The Labute approximate surface area is 113 Å². The van der Waals surface area contributed by atoms with E-state index in [-0.39, 0.29) is 0 Å². The molecule has 1 saturated heterocycles. The van der Waals surface area contributed by atoms with Crippen LogP contribution in [0.15, 0.2) is 24.3 Å². The van der Waals surface area contributed by atoms with Crippen LogP contribution in [0, 0.1) is 16.7 Å². The third-order valence-electron chi connectivity index (χ3n) is 4.76. The number of nitrogens with zero attached hydrogens (tertiary/aromatic N) is 1. The van der Waals surface area contributed by atoms with E-state index >= 15 is 0 Å². The summed E-state index contributed by atoms with van der Waals surface area (Å²) in [5, 5.41) is 20.6. The van der Waals surface area contributed by atoms with Crippen molar-refractivity contribution in [1.29, 1.82) is 5.26 Å². The SMILES string of the molecule is N#CC1(C2(O)CCCOC2)CCc2ccccc2C1. The Morgan fingerprint density at radius 2 is 2.00 bits per heavy atom. The summed E-state index contributed by atoms with van der Waals surface area (Å²) in [5.74, 6) is 0. The number of ether oxygens (including phenoxy) is 1. The van der Waals surface area contributed by atoms with Gasteiger partial charge in [-0.25, -0.2) is 0 Å². The predicted octanol–water partition coefficient (Wildman–Crippen LogP) is 2.23. The molecule has 0 saturated carbocycles. The van der Waals surface area contributed by atoms with E-state index in [2.05, 4.69) is 18.2 Å². The zero-order valence-electron chi connectivity index (χ0n) is 11.1. The first-order valence-electron chi connectivity index (χ1n) is 6.97. The Bertz CT molecular complexity index is 514. The maximum atomic E-state index is 10.9. The van der Waals surface area contributed by atoms with Crippen molar-refractivity contribution in [1.82, 2.24) is 0 Å². The van der Waals surface area contributed by atoms with Crippen molar-refractivity contribution in [3.63, 3.8) is 0 Å². The van der Waals surface area contributed by atoms with Crippen molar-refractivity contribution in [2.45, 2.75) is 37.7 Å². The topological polar surface area (TPSA) is 53.2 Å². The van der Waals surface area contributed by atoms with Crippen LogP contribution in [0.4, 0.5) is 0 Å². The Kier molecular flexibility index (Phi) is 3.08. The van der Waals surface area contributed by atoms with Crippen LogP contribution >= 0.6 is 0 Å². The molecule has 0 amide bonds. The molecule has 0 bridgehead atoms. The molecule has 3 rings (SSSR count). The van der Waals surface area contributed by atoms with E-state index in [1.807, 2.05) is 12.1 Å². The summed E-state index contributed by atoms with van der Waals surface area (Å²) in [4.78, 5) is 0. The smallest absolute Gasteiger partial charge is 0.107 e. The average Bonchev–Trinajstić information content (AvgIpc) is 2.47. The summed E-state index contributed by atoms with van der Waals surface area (Å²) in [5.41, 5.74) is 0.831. The quantitative estimate of drug-likeness (QED) is 0.839. The fourth-order valence-corrected chi connectivity index (χ4v) is 3.49. The Hall–Kier alpha value is -1.37. The van der Waals surface area contributed by atoms with Crippen LogP contribution in [0.5, 0.6) is 0 Å². The second-order valence-electron chi connectivity index (χ2n) is 5.83. The molecule has 1 heterocycles. The highest BCUT2D eigenvalue weighted by molar-refractivity contribution is 5.34. The molecule has 100 valence electrons. The van der Waals surface area contributed by atoms with Crippen LogP contribution in [0.25, 0.3) is 0 Å². The van der Waals surface area contributed by atoms with Gasteiger partial charge in [-0.1, -0.05) is 24.3 Å². The van der Waals surface area contributed by atoms with E-state index in [9.17, 15) is 10.4 Å². The van der Waals surface area contributed by atoms with Gasteiger partial charge >= 0.3 is 0 Å². The van der Waals surface area contributed by atoms with Crippen molar-refractivity contribution in [3.8, 4) is 6.07 Å². The van der Waals surface area contributed by atoms with E-state index < -0.39 is 11.0 Å². The Morgan fingerprint density at radius 1 is 1.21 bits per heavy atom. The van der Waals surface area contributed by atoms with E-state index in [4.69, 9.17) is 4.74 Å². The number of hydrogen-bond donors (Lipinski definition) is 1. The molecule has 3 heteroatoms. The number of benzene rings is 1. The third-order valence-corrected chi connectivity index (χ3v) is 4.76. The molecule has 2 atom stereocenters. The standard InChI is InChI=1S/C16H19NO2/c17-11-15(16(18)7-3-9-19-12-16)8-6-13-4-1-2-5-14(13)10-15/h1-2,4-5,18H,3,6-10,12H2. The number of fused-ring (bicyclic) bond motifs is 1. The van der Waals surface area contributed by atoms with Crippen molar-refractivity contribution in [2.24, 2.45) is 5.41 Å². The van der Waals surface area contributed by atoms with Crippen molar-refractivity contribution in [2.75, 3.05) is 13.2 Å². The fraction of sp³-hybridized carbons (Fsp3) is 0.562. The van der Waals surface area contributed by atoms with Crippen molar-refractivity contribution < 1.29 is 9.84 Å². The Morgan fingerprint density at radius 3 is 2.68 bits per heavy atom. The molecule has 0 radical (unpaired) electrons. The number of nitriles is 1. The molecule has 1 aliphatic heterocycles. The summed E-state index contributed by atoms with van der Waals surface area (Å²) in [6.45, 7) is 0.989. The summed E-state index contributed by atoms with van der Waals surface area (Å²) >= 11 is 0. The molecule has 0 aromatic heterocycles. The monoisotopic (exact) mass is 257 g/mol. The summed E-state index contributed by atoms with van der Waals surface area (Å²) in [6.07, 6.45) is 3.73. The van der Waals surface area contributed by atoms with Crippen LogP contribution in [0.3, 0.4) is 0 Å². The minimum atomic E-state index is -0.993. The second kappa shape index (κ2) is 4.63. The van der Waals surface area contributed by atoms with Gasteiger partial charge < -0.3 is 9.84 Å². The van der Waals surface area contributed by atoms with Crippen LogP contribution in [0.1, 0.15) is 30.4 Å². The first-order valence-corrected chi connectivity index (χ1v) is 6.97. The van der Waals surface area contributed by atoms with Gasteiger partial charge in [0.2, 0.25) is 0 Å². The van der Waals surface area contributed by atoms with E-state index in [0.29, 0.717) is 26.1 Å². The van der Waals surface area contributed by atoms with Gasteiger partial charge in [0, 0.05) is 6.61 Å². The first-order chi connectivity index (χ1) is 9.19. The molecular formula is C16H19NO2. The number of aliphatic hydroxyl groups is 1. The Balaban J connectivity index is 1.96. The molecule has 1 N–H and O–H groups in total. The largest absolute Gasteiger partial charge is 0.386 e. The molecule has 1 aromatic carbocycles. The molecular weight excluding hydrogens is 238 g/mol. The van der Waals surface area contributed by atoms with Gasteiger partial charge in [-0.05, 0) is 43.2 Å². The lowest BCUT2D eigenvalue weighted by atomic mass is 9.61. The maximum absolute atomic E-state index is 10.9. The molecule has 19 heavy (non-hydrogen) atoms. The van der Waals surface area contributed by atoms with Gasteiger partial charge in [-0.15, -0.1) is 0 Å². The van der Waals surface area contributed by atoms with Crippen molar-refractivity contribution >= 4 is 0 Å². The van der Waals surface area contributed by atoms with Crippen LogP contribution in [-0.4, -0.2) is 23.9 Å². The highest BCUT2D eigenvalue weighted by atomic mass is 16.5. The lowest BCUT2D eigenvalue weighted by molar-refractivity contribution is -0.146. The lowest BCUT2D eigenvalue weighted by Gasteiger charge is -2.47. The van der Waals surface area contributed by atoms with Gasteiger partial charge in [-0.2, -0.15) is 5.26 Å². The maximum Gasteiger partial charge on any atom is 0.107 e. The normalized spacial score (nSPS) is 34.3. The molecule has 1 aromatic rings. The molecule has 2 aliphatic rings. The number of aryl methyl sites for hydroxylation is 1. The minimum absolute atomic E-state index is 0.294. The second-order valence-corrected chi connectivity index (χ2v) is 5.83. The van der Waals surface area contributed by atoms with Gasteiger partial charge in [0.1, 0.15) is 5.60 Å². The third kappa shape index (κ3) is 1.96. The zero-order chi connectivity index (χ0) is 13.3. The fourth-order valence-electron chi connectivity index (χ4n) is 3.49. The van der Waals surface area contributed by atoms with Crippen LogP contribution in [-0.2, 0) is 17.6 Å². The van der Waals surface area contributed by atoms with E-state index in [0.717, 1.165) is 19.3 Å². The zero-order valence-corrected chi connectivity index (χ0v) is 11.1. The van der Waals surface area contributed by atoms with Gasteiger partial charge in [-0.3, -0.25) is 0 Å². The van der Waals surface area contributed by atoms with E-state index in [1.54, 1.807) is 0 Å². The predicted molar refractivity (Wildman–Crippen MR) is 71.5 cm³/mol. The van der Waals surface area contributed by atoms with Gasteiger partial charge in [0.05, 0.1) is 18.1 Å². The first kappa shape index (κ1) is 12.7. The highest BCUT2D eigenvalue weighted by Crippen LogP contribution is 2.46. The molecule has 1 fully saturated rings.